The number of hydrogen-bond donors (Lipinski definition) is 2. The van der Waals surface area contributed by atoms with Crippen molar-refractivity contribution in [1.82, 2.24) is 10.2 Å². The van der Waals surface area contributed by atoms with Gasteiger partial charge >= 0.3 is 12.3 Å². The summed E-state index contributed by atoms with van der Waals surface area (Å²) in [6.07, 6.45) is -5.49. The summed E-state index contributed by atoms with van der Waals surface area (Å²) in [6.45, 7) is 0.876. The van der Waals surface area contributed by atoms with E-state index >= 15 is 0 Å². The maximum Gasteiger partial charge on any atom is 0.407 e. The van der Waals surface area contributed by atoms with E-state index in [0.29, 0.717) is 13.1 Å². The lowest BCUT2D eigenvalue weighted by atomic mass is 9.91. The minimum absolute atomic E-state index is 0.121. The standard InChI is InChI=1S/C11H19F3N2O3/c1-19-10(18)15-9-4-8(5-11(12,13)14)6-16(7-9)2-3-17/h8-9,17H,2-7H2,1H3,(H,15,18). The van der Waals surface area contributed by atoms with Crippen LogP contribution in [0.3, 0.4) is 0 Å². The van der Waals surface area contributed by atoms with E-state index in [1.807, 2.05) is 0 Å². The van der Waals surface area contributed by atoms with Gasteiger partial charge in [-0.1, -0.05) is 0 Å². The Balaban J connectivity index is 2.59. The SMILES string of the molecule is COC(=O)NC1CC(CC(F)(F)F)CN(CCO)C1. The van der Waals surface area contributed by atoms with Gasteiger partial charge in [0.25, 0.3) is 0 Å². The van der Waals surface area contributed by atoms with Crippen molar-refractivity contribution in [3.63, 3.8) is 0 Å². The maximum atomic E-state index is 12.4. The molecule has 0 radical (unpaired) electrons. The minimum atomic E-state index is -4.22. The number of halogens is 3. The van der Waals surface area contributed by atoms with Crippen molar-refractivity contribution in [2.75, 3.05) is 33.4 Å². The topological polar surface area (TPSA) is 61.8 Å². The Morgan fingerprint density at radius 1 is 1.47 bits per heavy atom. The summed E-state index contributed by atoms with van der Waals surface area (Å²) in [5.74, 6) is -0.581. The molecular weight excluding hydrogens is 265 g/mol. The number of rotatable bonds is 4. The van der Waals surface area contributed by atoms with Gasteiger partial charge in [0.2, 0.25) is 0 Å². The summed E-state index contributed by atoms with van der Waals surface area (Å²) in [5, 5.41) is 11.4. The molecule has 1 fully saturated rings. The highest BCUT2D eigenvalue weighted by atomic mass is 19.4. The molecule has 19 heavy (non-hydrogen) atoms. The monoisotopic (exact) mass is 284 g/mol. The number of likely N-dealkylation sites (tertiary alicyclic amines) is 1. The molecule has 1 heterocycles. The highest BCUT2D eigenvalue weighted by molar-refractivity contribution is 5.67. The average molecular weight is 284 g/mol. The van der Waals surface area contributed by atoms with E-state index in [1.165, 1.54) is 7.11 Å². The fourth-order valence-electron chi connectivity index (χ4n) is 2.43. The normalized spacial score (nSPS) is 25.1. The van der Waals surface area contributed by atoms with E-state index in [0.717, 1.165) is 0 Å². The molecule has 5 nitrogen and oxygen atoms in total. The zero-order chi connectivity index (χ0) is 14.5. The van der Waals surface area contributed by atoms with Gasteiger partial charge in [-0.15, -0.1) is 0 Å². The average Bonchev–Trinajstić information content (AvgIpc) is 2.26. The molecular formula is C11H19F3N2O3. The third-order valence-electron chi connectivity index (χ3n) is 3.06. The summed E-state index contributed by atoms with van der Waals surface area (Å²) < 4.78 is 41.7. The van der Waals surface area contributed by atoms with E-state index < -0.39 is 24.6 Å². The Labute approximate surface area is 109 Å². The van der Waals surface area contributed by atoms with Crippen LogP contribution in [-0.2, 0) is 4.74 Å². The Kier molecular flexibility index (Phi) is 5.86. The Bertz CT molecular complexity index is 299. The largest absolute Gasteiger partial charge is 0.453 e. The van der Waals surface area contributed by atoms with E-state index in [9.17, 15) is 18.0 Å². The number of piperidine rings is 1. The molecule has 0 aromatic carbocycles. The highest BCUT2D eigenvalue weighted by Gasteiger charge is 2.36. The van der Waals surface area contributed by atoms with Crippen LogP contribution in [0.2, 0.25) is 0 Å². The molecule has 1 amide bonds. The summed E-state index contributed by atoms with van der Waals surface area (Å²) in [7, 11) is 1.21. The number of β-amino-alcohol motifs (C(OH)–C–C–N with tert-alkyl or cyclic N) is 1. The molecule has 1 rings (SSSR count). The third kappa shape index (κ3) is 6.11. The molecule has 0 aromatic heterocycles. The fourth-order valence-corrected chi connectivity index (χ4v) is 2.43. The first-order valence-corrected chi connectivity index (χ1v) is 6.08. The summed E-state index contributed by atoms with van der Waals surface area (Å²) >= 11 is 0. The van der Waals surface area contributed by atoms with Gasteiger partial charge in [0.1, 0.15) is 0 Å². The van der Waals surface area contributed by atoms with Crippen LogP contribution in [0.1, 0.15) is 12.8 Å². The number of alkyl halides is 3. The number of carbonyl (C=O) groups is 1. The first kappa shape index (κ1) is 16.0. The molecule has 2 atom stereocenters. The molecule has 8 heteroatoms. The number of nitrogens with zero attached hydrogens (tertiary/aromatic N) is 1. The lowest BCUT2D eigenvalue weighted by Gasteiger charge is -2.37. The number of aliphatic hydroxyl groups is 1. The Hall–Kier alpha value is -1.02. The molecule has 0 aliphatic carbocycles. The van der Waals surface area contributed by atoms with Gasteiger partial charge in [0.15, 0.2) is 0 Å². The third-order valence-corrected chi connectivity index (χ3v) is 3.06. The Morgan fingerprint density at radius 3 is 2.68 bits per heavy atom. The van der Waals surface area contributed by atoms with Gasteiger partial charge in [-0.3, -0.25) is 4.90 Å². The lowest BCUT2D eigenvalue weighted by Crippen LogP contribution is -2.52. The van der Waals surface area contributed by atoms with Gasteiger partial charge in [-0.05, 0) is 12.3 Å². The first-order chi connectivity index (χ1) is 8.84. The molecule has 2 N–H and O–H groups in total. The smallest absolute Gasteiger partial charge is 0.407 e. The van der Waals surface area contributed by atoms with Crippen LogP contribution in [0.25, 0.3) is 0 Å². The van der Waals surface area contributed by atoms with Crippen LogP contribution in [0.4, 0.5) is 18.0 Å². The van der Waals surface area contributed by atoms with E-state index in [4.69, 9.17) is 5.11 Å². The number of aliphatic hydroxyl groups excluding tert-OH is 1. The fraction of sp³-hybridized carbons (Fsp3) is 0.909. The van der Waals surface area contributed by atoms with Crippen molar-refractivity contribution in [2.24, 2.45) is 5.92 Å². The molecule has 1 saturated heterocycles. The van der Waals surface area contributed by atoms with Crippen molar-refractivity contribution in [3.05, 3.63) is 0 Å². The second kappa shape index (κ2) is 6.95. The van der Waals surface area contributed by atoms with E-state index in [2.05, 4.69) is 10.1 Å². The maximum absolute atomic E-state index is 12.4. The quantitative estimate of drug-likeness (QED) is 0.808. The summed E-state index contributed by atoms with van der Waals surface area (Å²) in [6, 6.07) is -0.389. The van der Waals surface area contributed by atoms with Crippen molar-refractivity contribution in [3.8, 4) is 0 Å². The zero-order valence-electron chi connectivity index (χ0n) is 10.7. The van der Waals surface area contributed by atoms with Gasteiger partial charge in [0, 0.05) is 32.1 Å². The van der Waals surface area contributed by atoms with Crippen molar-refractivity contribution >= 4 is 6.09 Å². The summed E-state index contributed by atoms with van der Waals surface area (Å²) in [5.41, 5.74) is 0. The van der Waals surface area contributed by atoms with Crippen molar-refractivity contribution in [2.45, 2.75) is 25.1 Å². The molecule has 0 bridgehead atoms. The highest BCUT2D eigenvalue weighted by Crippen LogP contribution is 2.30. The number of alkyl carbamates (subject to hydrolysis) is 1. The number of hydrogen-bond acceptors (Lipinski definition) is 4. The van der Waals surface area contributed by atoms with Crippen LogP contribution >= 0.6 is 0 Å². The summed E-state index contributed by atoms with van der Waals surface area (Å²) in [4.78, 5) is 12.8. The van der Waals surface area contributed by atoms with E-state index in [-0.39, 0.29) is 25.6 Å². The van der Waals surface area contributed by atoms with E-state index in [1.54, 1.807) is 4.90 Å². The number of carbonyl (C=O) groups excluding carboxylic acids is 1. The molecule has 1 aliphatic heterocycles. The van der Waals surface area contributed by atoms with Crippen LogP contribution < -0.4 is 5.32 Å². The molecule has 2 unspecified atom stereocenters. The number of nitrogens with one attached hydrogen (secondary N) is 1. The number of methoxy groups -OCH3 is 1. The number of ether oxygens (including phenoxy) is 1. The van der Waals surface area contributed by atoms with Gasteiger partial charge in [-0.25, -0.2) is 4.79 Å². The lowest BCUT2D eigenvalue weighted by molar-refractivity contribution is -0.148. The molecule has 0 spiro atoms. The predicted molar refractivity (Wildman–Crippen MR) is 61.6 cm³/mol. The minimum Gasteiger partial charge on any atom is -0.453 e. The van der Waals surface area contributed by atoms with Crippen LogP contribution in [0, 0.1) is 5.92 Å². The number of amides is 1. The zero-order valence-corrected chi connectivity index (χ0v) is 10.7. The molecule has 112 valence electrons. The molecule has 1 aliphatic rings. The second-order valence-electron chi connectivity index (χ2n) is 4.74. The predicted octanol–water partition coefficient (Wildman–Crippen LogP) is 0.978. The van der Waals surface area contributed by atoms with Gasteiger partial charge in [-0.2, -0.15) is 13.2 Å². The van der Waals surface area contributed by atoms with Crippen LogP contribution in [-0.4, -0.2) is 61.7 Å². The molecule has 0 aromatic rings. The molecule has 0 saturated carbocycles. The van der Waals surface area contributed by atoms with Gasteiger partial charge < -0.3 is 15.2 Å². The van der Waals surface area contributed by atoms with Crippen LogP contribution in [0.15, 0.2) is 0 Å². The Morgan fingerprint density at radius 2 is 2.16 bits per heavy atom. The van der Waals surface area contributed by atoms with Crippen LogP contribution in [0.5, 0.6) is 0 Å². The second-order valence-corrected chi connectivity index (χ2v) is 4.74. The van der Waals surface area contributed by atoms with Gasteiger partial charge in [0.05, 0.1) is 13.7 Å². The van der Waals surface area contributed by atoms with Crippen molar-refractivity contribution in [1.29, 1.82) is 0 Å². The first-order valence-electron chi connectivity index (χ1n) is 6.08. The van der Waals surface area contributed by atoms with Crippen molar-refractivity contribution < 1.29 is 27.8 Å².